The quantitative estimate of drug-likeness (QED) is 0.635. The van der Waals surface area contributed by atoms with E-state index in [0.29, 0.717) is 25.5 Å². The molecule has 29 heavy (non-hydrogen) atoms. The van der Waals surface area contributed by atoms with Crippen LogP contribution in [0.25, 0.3) is 0 Å². The zero-order chi connectivity index (χ0) is 20.6. The molecule has 3 rings (SSSR count). The number of hydrogen-bond acceptors (Lipinski definition) is 7. The van der Waals surface area contributed by atoms with E-state index < -0.39 is 5.97 Å². The number of carbonyl (C=O) groups is 2. The molecule has 1 aliphatic heterocycles. The number of ether oxygens (including phenoxy) is 1. The molecule has 1 aliphatic rings. The summed E-state index contributed by atoms with van der Waals surface area (Å²) in [5, 5.41) is 9.03. The lowest BCUT2D eigenvalue weighted by atomic mass is 9.95. The zero-order valence-corrected chi connectivity index (χ0v) is 16.5. The molecule has 0 saturated carbocycles. The zero-order valence-electron chi connectivity index (χ0n) is 16.5. The third-order valence-electron chi connectivity index (χ3n) is 4.96. The van der Waals surface area contributed by atoms with Gasteiger partial charge in [0.25, 0.3) is 0 Å². The molecule has 156 valence electrons. The van der Waals surface area contributed by atoms with Crippen molar-refractivity contribution in [2.45, 2.75) is 26.3 Å². The van der Waals surface area contributed by atoms with E-state index >= 15 is 0 Å². The molecule has 9 nitrogen and oxygen atoms in total. The Morgan fingerprint density at radius 3 is 2.72 bits per heavy atom. The molecule has 9 heteroatoms. The molecule has 0 unspecified atom stereocenters. The lowest BCUT2D eigenvalue weighted by molar-refractivity contribution is -0.137. The second-order valence-corrected chi connectivity index (χ2v) is 6.85. The summed E-state index contributed by atoms with van der Waals surface area (Å²) in [5.74, 6) is -0.0443. The van der Waals surface area contributed by atoms with Gasteiger partial charge in [-0.05, 0) is 31.9 Å². The molecule has 1 N–H and O–H groups in total. The molecule has 0 bridgehead atoms. The van der Waals surface area contributed by atoms with Crippen LogP contribution in [0, 0.1) is 5.92 Å². The van der Waals surface area contributed by atoms with Crippen molar-refractivity contribution in [3.05, 3.63) is 42.2 Å². The van der Waals surface area contributed by atoms with Crippen LogP contribution in [0.3, 0.4) is 0 Å². The average molecular weight is 402 g/mol. The number of anilines is 1. The van der Waals surface area contributed by atoms with E-state index in [4.69, 9.17) is 14.3 Å². The average Bonchev–Trinajstić information content (AvgIpc) is 3.22. The Balaban J connectivity index is 1.62. The van der Waals surface area contributed by atoms with E-state index in [1.165, 1.54) is 6.07 Å². The van der Waals surface area contributed by atoms with Gasteiger partial charge >= 0.3 is 5.97 Å². The number of nitrogens with zero attached hydrogens (tertiary/aromatic N) is 4. The van der Waals surface area contributed by atoms with Crippen LogP contribution in [-0.4, -0.2) is 64.7 Å². The van der Waals surface area contributed by atoms with Crippen molar-refractivity contribution in [2.75, 3.05) is 37.7 Å². The van der Waals surface area contributed by atoms with E-state index in [1.807, 2.05) is 6.92 Å². The molecular weight excluding hydrogens is 376 g/mol. The van der Waals surface area contributed by atoms with E-state index in [-0.39, 0.29) is 24.1 Å². The number of piperidine rings is 1. The predicted octanol–water partition coefficient (Wildman–Crippen LogP) is 2.05. The van der Waals surface area contributed by atoms with Gasteiger partial charge in [-0.25, -0.2) is 9.78 Å². The van der Waals surface area contributed by atoms with Gasteiger partial charge < -0.3 is 24.1 Å². The topological polar surface area (TPSA) is 109 Å². The van der Waals surface area contributed by atoms with Gasteiger partial charge in [-0.3, -0.25) is 9.78 Å². The first kappa shape index (κ1) is 20.8. The molecule has 0 aliphatic carbocycles. The van der Waals surface area contributed by atoms with Crippen LogP contribution in [0.2, 0.25) is 0 Å². The molecular formula is C20H26N4O5. The predicted molar refractivity (Wildman–Crippen MR) is 105 cm³/mol. The highest BCUT2D eigenvalue weighted by Gasteiger charge is 2.29. The number of aromatic carboxylic acids is 1. The normalized spacial score (nSPS) is 14.7. The number of amides is 1. The van der Waals surface area contributed by atoms with Gasteiger partial charge in [-0.15, -0.1) is 0 Å². The summed E-state index contributed by atoms with van der Waals surface area (Å²) in [5.41, 5.74) is 0. The summed E-state index contributed by atoms with van der Waals surface area (Å²) in [6.45, 7) is 5.02. The molecule has 0 radical (unpaired) electrons. The highest BCUT2D eigenvalue weighted by Crippen LogP contribution is 2.24. The number of carboxylic acids is 1. The van der Waals surface area contributed by atoms with Gasteiger partial charge in [0.1, 0.15) is 11.6 Å². The first-order valence-electron chi connectivity index (χ1n) is 9.78. The molecule has 1 fully saturated rings. The molecule has 0 spiro atoms. The maximum absolute atomic E-state index is 13.1. The van der Waals surface area contributed by atoms with Gasteiger partial charge in [0.05, 0.1) is 19.3 Å². The van der Waals surface area contributed by atoms with Crippen molar-refractivity contribution >= 4 is 17.7 Å². The van der Waals surface area contributed by atoms with Gasteiger partial charge in [0.15, 0.2) is 0 Å². The van der Waals surface area contributed by atoms with Crippen molar-refractivity contribution in [1.82, 2.24) is 14.9 Å². The monoisotopic (exact) mass is 402 g/mol. The van der Waals surface area contributed by atoms with Crippen molar-refractivity contribution in [1.29, 1.82) is 0 Å². The van der Waals surface area contributed by atoms with Crippen LogP contribution in [0.1, 0.15) is 36.1 Å². The second kappa shape index (κ2) is 10.0. The fourth-order valence-corrected chi connectivity index (χ4v) is 3.42. The van der Waals surface area contributed by atoms with Gasteiger partial charge in [0, 0.05) is 44.6 Å². The number of carboxylic acid groups (broad SMARTS) is 1. The minimum Gasteiger partial charge on any atom is -0.475 e. The highest BCUT2D eigenvalue weighted by molar-refractivity contribution is 5.84. The second-order valence-electron chi connectivity index (χ2n) is 6.85. The van der Waals surface area contributed by atoms with Crippen molar-refractivity contribution < 1.29 is 23.8 Å². The third-order valence-corrected chi connectivity index (χ3v) is 4.96. The maximum atomic E-state index is 13.1. The lowest BCUT2D eigenvalue weighted by Gasteiger charge is -2.34. The van der Waals surface area contributed by atoms with Crippen LogP contribution < -0.4 is 4.90 Å². The Hall–Kier alpha value is -2.94. The molecule has 0 atom stereocenters. The van der Waals surface area contributed by atoms with Crippen LogP contribution in [0.5, 0.6) is 0 Å². The SMILES string of the molecule is CCOCCN(Cc1ccc(C(=O)O)o1)C(=O)C1CCN(c2cnccn2)CC1. The van der Waals surface area contributed by atoms with Gasteiger partial charge in [-0.2, -0.15) is 0 Å². The number of carbonyl (C=O) groups excluding carboxylic acids is 1. The molecule has 0 aromatic carbocycles. The first-order chi connectivity index (χ1) is 14.1. The number of furan rings is 1. The summed E-state index contributed by atoms with van der Waals surface area (Å²) in [4.78, 5) is 36.4. The van der Waals surface area contributed by atoms with E-state index in [9.17, 15) is 9.59 Å². The summed E-state index contributed by atoms with van der Waals surface area (Å²) in [6, 6.07) is 3.00. The van der Waals surface area contributed by atoms with Crippen LogP contribution in [-0.2, 0) is 16.1 Å². The fourth-order valence-electron chi connectivity index (χ4n) is 3.42. The first-order valence-corrected chi connectivity index (χ1v) is 9.78. The highest BCUT2D eigenvalue weighted by atomic mass is 16.5. The molecule has 1 saturated heterocycles. The summed E-state index contributed by atoms with van der Waals surface area (Å²) in [7, 11) is 0. The number of hydrogen-bond donors (Lipinski definition) is 1. The Bertz CT molecular complexity index is 802. The van der Waals surface area contributed by atoms with Crippen LogP contribution in [0.4, 0.5) is 5.82 Å². The van der Waals surface area contributed by atoms with Crippen LogP contribution >= 0.6 is 0 Å². The van der Waals surface area contributed by atoms with Gasteiger partial charge in [0.2, 0.25) is 11.7 Å². The smallest absolute Gasteiger partial charge is 0.371 e. The minimum absolute atomic E-state index is 0.0387. The summed E-state index contributed by atoms with van der Waals surface area (Å²) in [6.07, 6.45) is 6.48. The number of aromatic nitrogens is 2. The Kier molecular flexibility index (Phi) is 7.18. The van der Waals surface area contributed by atoms with Crippen molar-refractivity contribution in [3.8, 4) is 0 Å². The molecule has 2 aromatic heterocycles. The maximum Gasteiger partial charge on any atom is 0.371 e. The standard InChI is InChI=1S/C20H26N4O5/c1-2-28-12-11-24(14-16-3-4-17(29-16)20(26)27)19(25)15-5-9-23(10-6-15)18-13-21-7-8-22-18/h3-4,7-8,13,15H,2,5-6,9-12,14H2,1H3,(H,26,27). The van der Waals surface area contributed by atoms with E-state index in [0.717, 1.165) is 31.7 Å². The van der Waals surface area contributed by atoms with Crippen molar-refractivity contribution in [2.24, 2.45) is 5.92 Å². The fraction of sp³-hybridized carbons (Fsp3) is 0.500. The van der Waals surface area contributed by atoms with Crippen LogP contribution in [0.15, 0.2) is 35.1 Å². The molecule has 2 aromatic rings. The minimum atomic E-state index is -1.13. The Labute approximate surface area is 169 Å². The van der Waals surface area contributed by atoms with Gasteiger partial charge in [-0.1, -0.05) is 0 Å². The Morgan fingerprint density at radius 1 is 1.31 bits per heavy atom. The summed E-state index contributed by atoms with van der Waals surface area (Å²) < 4.78 is 10.8. The molecule has 1 amide bonds. The van der Waals surface area contributed by atoms with E-state index in [1.54, 1.807) is 29.6 Å². The lowest BCUT2D eigenvalue weighted by Crippen LogP contribution is -2.43. The van der Waals surface area contributed by atoms with Crippen molar-refractivity contribution in [3.63, 3.8) is 0 Å². The molecule has 3 heterocycles. The largest absolute Gasteiger partial charge is 0.475 e. The summed E-state index contributed by atoms with van der Waals surface area (Å²) >= 11 is 0. The van der Waals surface area contributed by atoms with E-state index in [2.05, 4.69) is 14.9 Å². The Morgan fingerprint density at radius 2 is 2.10 bits per heavy atom. The number of rotatable bonds is 9. The third kappa shape index (κ3) is 5.54.